The van der Waals surface area contributed by atoms with Crippen molar-refractivity contribution in [3.63, 3.8) is 0 Å². The van der Waals surface area contributed by atoms with Gasteiger partial charge in [0.15, 0.2) is 0 Å². The number of hydrogen-bond acceptors (Lipinski definition) is 2. The molecule has 0 amide bonds. The fourth-order valence-corrected chi connectivity index (χ4v) is 4.38. The van der Waals surface area contributed by atoms with Crippen molar-refractivity contribution < 1.29 is 9.47 Å². The number of benzene rings is 2. The van der Waals surface area contributed by atoms with E-state index in [2.05, 4.69) is 87.2 Å². The molecule has 4 heteroatoms. The van der Waals surface area contributed by atoms with Crippen molar-refractivity contribution in [2.75, 3.05) is 14.2 Å². The maximum atomic E-state index is 5.34. The Bertz CT molecular complexity index is 959. The zero-order valence-corrected chi connectivity index (χ0v) is 21.6. The van der Waals surface area contributed by atoms with Crippen LogP contribution in [0.3, 0.4) is 0 Å². The normalized spacial score (nSPS) is 12.8. The molecule has 0 aliphatic heterocycles. The van der Waals surface area contributed by atoms with Gasteiger partial charge in [0.05, 0.1) is 22.3 Å². The van der Waals surface area contributed by atoms with Crippen LogP contribution in [0.1, 0.15) is 11.1 Å². The van der Waals surface area contributed by atoms with Crippen LogP contribution in [0, 0.1) is 11.5 Å². The molecule has 0 bridgehead atoms. The standard InChI is InChI=1S/C26H34O2Si2/c1-27-24-13-9-21(10-14-24)19-23(22-11-15-25(28-2)16-12-22)20-26(30(6,7)8)17-18-29(3,4)5/h9-16,19-20H,1-8H3/b23-19-,26-20-. The summed E-state index contributed by atoms with van der Waals surface area (Å²) in [6.45, 7) is 13.9. The van der Waals surface area contributed by atoms with Crippen LogP contribution in [-0.2, 0) is 0 Å². The first-order valence-corrected chi connectivity index (χ1v) is 17.3. The van der Waals surface area contributed by atoms with E-state index in [4.69, 9.17) is 9.47 Å². The third kappa shape index (κ3) is 7.40. The van der Waals surface area contributed by atoms with Crippen LogP contribution < -0.4 is 9.47 Å². The van der Waals surface area contributed by atoms with Crippen molar-refractivity contribution in [1.82, 2.24) is 0 Å². The summed E-state index contributed by atoms with van der Waals surface area (Å²) in [6, 6.07) is 16.4. The number of allylic oxidation sites excluding steroid dienone is 3. The second kappa shape index (κ2) is 10.0. The predicted molar refractivity (Wildman–Crippen MR) is 136 cm³/mol. The minimum Gasteiger partial charge on any atom is -0.497 e. The molecule has 2 aromatic carbocycles. The Kier molecular flexibility index (Phi) is 7.94. The van der Waals surface area contributed by atoms with Gasteiger partial charge in [-0.2, -0.15) is 0 Å². The van der Waals surface area contributed by atoms with Crippen LogP contribution in [0.2, 0.25) is 39.3 Å². The van der Waals surface area contributed by atoms with Crippen LogP contribution in [0.15, 0.2) is 59.8 Å². The molecule has 2 aromatic rings. The van der Waals surface area contributed by atoms with Crippen LogP contribution in [-0.4, -0.2) is 30.4 Å². The molecule has 2 nitrogen and oxygen atoms in total. The van der Waals surface area contributed by atoms with Crippen molar-refractivity contribution in [2.24, 2.45) is 0 Å². The minimum atomic E-state index is -1.61. The Labute approximate surface area is 184 Å². The first-order valence-electron chi connectivity index (χ1n) is 10.3. The first kappa shape index (κ1) is 23.8. The van der Waals surface area contributed by atoms with Gasteiger partial charge in [-0.3, -0.25) is 0 Å². The minimum absolute atomic E-state index is 0.857. The molecule has 0 N–H and O–H groups in total. The van der Waals surface area contributed by atoms with Crippen molar-refractivity contribution in [3.05, 3.63) is 70.9 Å². The second-order valence-electron chi connectivity index (χ2n) is 9.41. The van der Waals surface area contributed by atoms with Gasteiger partial charge in [0.2, 0.25) is 0 Å². The van der Waals surface area contributed by atoms with E-state index in [9.17, 15) is 0 Å². The van der Waals surface area contributed by atoms with Gasteiger partial charge in [-0.1, -0.05) is 69.5 Å². The Morgan fingerprint density at radius 1 is 0.767 bits per heavy atom. The number of hydrogen-bond donors (Lipinski definition) is 0. The lowest BCUT2D eigenvalue weighted by atomic mass is 10.0. The highest BCUT2D eigenvalue weighted by atomic mass is 28.3. The second-order valence-corrected chi connectivity index (χ2v) is 19.2. The van der Waals surface area contributed by atoms with Gasteiger partial charge < -0.3 is 9.47 Å². The van der Waals surface area contributed by atoms with E-state index in [1.54, 1.807) is 14.2 Å². The van der Waals surface area contributed by atoms with Crippen LogP contribution in [0.25, 0.3) is 11.6 Å². The molecule has 0 saturated heterocycles. The number of methoxy groups -OCH3 is 2. The molecule has 0 aliphatic rings. The largest absolute Gasteiger partial charge is 0.497 e. The molecule has 0 unspecified atom stereocenters. The summed E-state index contributed by atoms with van der Waals surface area (Å²) in [7, 11) is 0.318. The van der Waals surface area contributed by atoms with Gasteiger partial charge in [0.1, 0.15) is 19.6 Å². The lowest BCUT2D eigenvalue weighted by Crippen LogP contribution is -2.24. The predicted octanol–water partition coefficient (Wildman–Crippen LogP) is 6.93. The van der Waals surface area contributed by atoms with Crippen LogP contribution in [0.5, 0.6) is 11.5 Å². The highest BCUT2D eigenvalue weighted by molar-refractivity contribution is 6.86. The van der Waals surface area contributed by atoms with Crippen molar-refractivity contribution in [1.29, 1.82) is 0 Å². The molecular weight excluding hydrogens is 400 g/mol. The number of rotatable bonds is 6. The molecule has 0 aliphatic carbocycles. The summed E-state index contributed by atoms with van der Waals surface area (Å²) >= 11 is 0. The fourth-order valence-electron chi connectivity index (χ4n) is 2.72. The molecule has 0 aromatic heterocycles. The van der Waals surface area contributed by atoms with Gasteiger partial charge in [0.25, 0.3) is 0 Å². The summed E-state index contributed by atoms with van der Waals surface area (Å²) in [5.74, 6) is 5.29. The Morgan fingerprint density at radius 2 is 1.27 bits per heavy atom. The molecule has 0 heterocycles. The quantitative estimate of drug-likeness (QED) is 0.212. The average molecular weight is 435 g/mol. The highest BCUT2D eigenvalue weighted by Crippen LogP contribution is 2.27. The number of ether oxygens (including phenoxy) is 2. The molecular formula is C26H34O2Si2. The molecule has 0 fully saturated rings. The first-order chi connectivity index (χ1) is 14.0. The summed E-state index contributed by atoms with van der Waals surface area (Å²) in [5, 5.41) is 1.28. The Hall–Kier alpha value is -2.49. The molecule has 0 spiro atoms. The zero-order valence-electron chi connectivity index (χ0n) is 19.6. The lowest BCUT2D eigenvalue weighted by Gasteiger charge is -2.18. The SMILES string of the molecule is COc1ccc(/C=C(/C=C(/C#C[Si](C)(C)C)[Si](C)(C)C)c2ccc(OC)cc2)cc1. The highest BCUT2D eigenvalue weighted by Gasteiger charge is 2.20. The summed E-state index contributed by atoms with van der Waals surface area (Å²) in [6.07, 6.45) is 4.52. The van der Waals surface area contributed by atoms with Gasteiger partial charge >= 0.3 is 0 Å². The lowest BCUT2D eigenvalue weighted by molar-refractivity contribution is 0.414. The van der Waals surface area contributed by atoms with Crippen LogP contribution >= 0.6 is 0 Å². The van der Waals surface area contributed by atoms with Gasteiger partial charge in [-0.25, -0.2) is 0 Å². The molecule has 158 valence electrons. The van der Waals surface area contributed by atoms with E-state index in [0.29, 0.717) is 0 Å². The summed E-state index contributed by atoms with van der Waals surface area (Å²) in [4.78, 5) is 0. The summed E-state index contributed by atoms with van der Waals surface area (Å²) < 4.78 is 10.6. The third-order valence-corrected chi connectivity index (χ3v) is 7.30. The molecule has 30 heavy (non-hydrogen) atoms. The van der Waals surface area contributed by atoms with E-state index in [1.807, 2.05) is 24.3 Å². The molecule has 0 saturated carbocycles. The summed E-state index contributed by atoms with van der Waals surface area (Å²) in [5.41, 5.74) is 7.01. The monoisotopic (exact) mass is 434 g/mol. The van der Waals surface area contributed by atoms with E-state index < -0.39 is 16.1 Å². The van der Waals surface area contributed by atoms with Gasteiger partial charge in [0, 0.05) is 0 Å². The Balaban J connectivity index is 2.63. The van der Waals surface area contributed by atoms with Gasteiger partial charge in [-0.15, -0.1) is 5.54 Å². The zero-order chi connectivity index (χ0) is 22.4. The van der Waals surface area contributed by atoms with E-state index in [0.717, 1.165) is 28.2 Å². The maximum absolute atomic E-state index is 5.34. The van der Waals surface area contributed by atoms with Crippen molar-refractivity contribution in [2.45, 2.75) is 39.3 Å². The van der Waals surface area contributed by atoms with E-state index in [-0.39, 0.29) is 0 Å². The topological polar surface area (TPSA) is 18.5 Å². The third-order valence-electron chi connectivity index (χ3n) is 4.54. The van der Waals surface area contributed by atoms with Crippen molar-refractivity contribution in [3.8, 4) is 23.0 Å². The molecule has 0 radical (unpaired) electrons. The van der Waals surface area contributed by atoms with Gasteiger partial charge in [-0.05, 0) is 58.3 Å². The Morgan fingerprint density at radius 3 is 1.70 bits per heavy atom. The van der Waals surface area contributed by atoms with Crippen LogP contribution in [0.4, 0.5) is 0 Å². The van der Waals surface area contributed by atoms with E-state index in [1.165, 1.54) is 5.20 Å². The van der Waals surface area contributed by atoms with Crippen molar-refractivity contribution >= 4 is 27.8 Å². The molecule has 2 rings (SSSR count). The smallest absolute Gasteiger partial charge is 0.129 e. The fraction of sp³-hybridized carbons (Fsp3) is 0.308. The maximum Gasteiger partial charge on any atom is 0.129 e. The molecule has 0 atom stereocenters. The average Bonchev–Trinajstić information content (AvgIpc) is 2.69. The van der Waals surface area contributed by atoms with E-state index >= 15 is 0 Å².